The average molecular weight is 349 g/mol. The highest BCUT2D eigenvalue weighted by Gasteiger charge is 2.32. The van der Waals surface area contributed by atoms with E-state index in [4.69, 9.17) is 4.74 Å². The van der Waals surface area contributed by atoms with Gasteiger partial charge in [0.1, 0.15) is 5.75 Å². The fraction of sp³-hybridized carbons (Fsp3) is 0.571. The number of alkyl halides is 1. The van der Waals surface area contributed by atoms with Crippen molar-refractivity contribution in [3.05, 3.63) is 24.3 Å². The zero-order chi connectivity index (χ0) is 14.5. The summed E-state index contributed by atoms with van der Waals surface area (Å²) in [6.45, 7) is 4.07. The summed E-state index contributed by atoms with van der Waals surface area (Å²) in [5, 5.41) is 0.697. The van der Waals surface area contributed by atoms with E-state index in [1.54, 1.807) is 31.4 Å². The summed E-state index contributed by atoms with van der Waals surface area (Å²) in [7, 11) is -1.70. The predicted molar refractivity (Wildman–Crippen MR) is 81.9 cm³/mol. The van der Waals surface area contributed by atoms with Gasteiger partial charge < -0.3 is 4.74 Å². The van der Waals surface area contributed by atoms with E-state index in [0.29, 0.717) is 16.0 Å². The second-order valence-corrected chi connectivity index (χ2v) is 7.33. The van der Waals surface area contributed by atoms with Crippen LogP contribution in [0.2, 0.25) is 0 Å². The Morgan fingerprint density at radius 2 is 1.68 bits per heavy atom. The van der Waals surface area contributed by atoms with Crippen LogP contribution in [-0.2, 0) is 9.84 Å². The third-order valence-electron chi connectivity index (χ3n) is 3.70. The molecule has 0 radical (unpaired) electrons. The topological polar surface area (TPSA) is 43.4 Å². The zero-order valence-corrected chi connectivity index (χ0v) is 14.1. The summed E-state index contributed by atoms with van der Waals surface area (Å²) in [6, 6.07) is 6.58. The van der Waals surface area contributed by atoms with Gasteiger partial charge in [-0.1, -0.05) is 29.8 Å². The van der Waals surface area contributed by atoms with Crippen LogP contribution in [0.3, 0.4) is 0 Å². The van der Waals surface area contributed by atoms with E-state index < -0.39 is 9.84 Å². The molecule has 0 spiro atoms. The van der Waals surface area contributed by atoms with Crippen molar-refractivity contribution >= 4 is 25.8 Å². The Morgan fingerprint density at radius 3 is 2.05 bits per heavy atom. The Balaban J connectivity index is 3.03. The molecule has 0 heterocycles. The number of sulfone groups is 1. The van der Waals surface area contributed by atoms with Gasteiger partial charge in [0.15, 0.2) is 9.84 Å². The van der Waals surface area contributed by atoms with Gasteiger partial charge in [0.25, 0.3) is 0 Å². The molecular weight excluding hydrogens is 328 g/mol. The molecule has 0 saturated heterocycles. The van der Waals surface area contributed by atoms with E-state index in [1.807, 2.05) is 13.8 Å². The molecule has 108 valence electrons. The maximum Gasteiger partial charge on any atom is 0.178 e. The van der Waals surface area contributed by atoms with Crippen molar-refractivity contribution in [3.8, 4) is 5.75 Å². The lowest BCUT2D eigenvalue weighted by molar-refractivity contribution is 0.351. The van der Waals surface area contributed by atoms with Gasteiger partial charge in [0.2, 0.25) is 0 Å². The third-order valence-corrected chi connectivity index (χ3v) is 6.87. The SMILES string of the molecule is CCC(CC)(CBr)CS(=O)(=O)c1ccc(OC)cc1. The zero-order valence-electron chi connectivity index (χ0n) is 11.6. The molecule has 0 bridgehead atoms. The maximum atomic E-state index is 12.5. The first-order valence-electron chi connectivity index (χ1n) is 6.36. The van der Waals surface area contributed by atoms with Crippen molar-refractivity contribution in [2.75, 3.05) is 18.2 Å². The van der Waals surface area contributed by atoms with E-state index in [1.165, 1.54) is 0 Å². The van der Waals surface area contributed by atoms with Crippen LogP contribution in [0.5, 0.6) is 5.75 Å². The number of halogens is 1. The lowest BCUT2D eigenvalue weighted by Crippen LogP contribution is -2.30. The highest BCUT2D eigenvalue weighted by atomic mass is 79.9. The molecule has 3 nitrogen and oxygen atoms in total. The number of rotatable bonds is 7. The van der Waals surface area contributed by atoms with Gasteiger partial charge in [-0.05, 0) is 42.5 Å². The van der Waals surface area contributed by atoms with E-state index in [0.717, 1.165) is 12.8 Å². The Bertz CT molecular complexity index is 482. The van der Waals surface area contributed by atoms with Crippen LogP contribution < -0.4 is 4.74 Å². The molecule has 0 atom stereocenters. The van der Waals surface area contributed by atoms with Gasteiger partial charge in [0, 0.05) is 5.33 Å². The van der Waals surface area contributed by atoms with Crippen LogP contribution in [0.4, 0.5) is 0 Å². The predicted octanol–water partition coefficient (Wildman–Crippen LogP) is 3.67. The molecule has 1 aromatic rings. The van der Waals surface area contributed by atoms with Crippen LogP contribution in [0.25, 0.3) is 0 Å². The number of methoxy groups -OCH3 is 1. The second-order valence-electron chi connectivity index (χ2n) is 4.78. The van der Waals surface area contributed by atoms with E-state index in [-0.39, 0.29) is 11.2 Å². The molecule has 0 amide bonds. The standard InChI is InChI=1S/C14H21BrO3S/c1-4-14(5-2,10-15)11-19(16,17)13-8-6-12(18-3)7-9-13/h6-9H,4-5,10-11H2,1-3H3. The highest BCUT2D eigenvalue weighted by Crippen LogP contribution is 2.33. The summed E-state index contributed by atoms with van der Waals surface area (Å²) >= 11 is 3.46. The van der Waals surface area contributed by atoms with Gasteiger partial charge in [-0.15, -0.1) is 0 Å². The van der Waals surface area contributed by atoms with Crippen LogP contribution in [0.15, 0.2) is 29.2 Å². The molecule has 0 unspecified atom stereocenters. The summed E-state index contributed by atoms with van der Waals surface area (Å²) < 4.78 is 30.0. The first-order chi connectivity index (χ1) is 8.93. The van der Waals surface area contributed by atoms with Crippen LogP contribution in [0.1, 0.15) is 26.7 Å². The minimum Gasteiger partial charge on any atom is -0.497 e. The minimum atomic E-state index is -3.26. The van der Waals surface area contributed by atoms with Crippen molar-refractivity contribution in [1.82, 2.24) is 0 Å². The molecule has 0 aromatic heterocycles. The number of benzene rings is 1. The molecule has 0 aliphatic heterocycles. The molecule has 0 N–H and O–H groups in total. The summed E-state index contributed by atoms with van der Waals surface area (Å²) in [5.74, 6) is 0.835. The van der Waals surface area contributed by atoms with Crippen LogP contribution in [0, 0.1) is 5.41 Å². The molecule has 1 rings (SSSR count). The Hall–Kier alpha value is -0.550. The lowest BCUT2D eigenvalue weighted by atomic mass is 9.87. The molecule has 0 fully saturated rings. The molecule has 1 aromatic carbocycles. The average Bonchev–Trinajstić information content (AvgIpc) is 2.45. The number of hydrogen-bond acceptors (Lipinski definition) is 3. The molecule has 19 heavy (non-hydrogen) atoms. The Labute approximate surface area is 124 Å². The summed E-state index contributed by atoms with van der Waals surface area (Å²) in [4.78, 5) is 0.362. The molecular formula is C14H21BrO3S. The number of hydrogen-bond donors (Lipinski definition) is 0. The maximum absolute atomic E-state index is 12.5. The first kappa shape index (κ1) is 16.5. The Morgan fingerprint density at radius 1 is 1.16 bits per heavy atom. The van der Waals surface area contributed by atoms with Gasteiger partial charge in [-0.2, -0.15) is 0 Å². The largest absolute Gasteiger partial charge is 0.497 e. The number of ether oxygens (including phenoxy) is 1. The molecule has 0 saturated carbocycles. The van der Waals surface area contributed by atoms with Crippen LogP contribution in [-0.4, -0.2) is 26.6 Å². The van der Waals surface area contributed by atoms with Crippen molar-refractivity contribution < 1.29 is 13.2 Å². The molecule has 5 heteroatoms. The molecule has 0 aliphatic carbocycles. The smallest absolute Gasteiger partial charge is 0.178 e. The lowest BCUT2D eigenvalue weighted by Gasteiger charge is -2.29. The monoisotopic (exact) mass is 348 g/mol. The first-order valence-corrected chi connectivity index (χ1v) is 9.13. The van der Waals surface area contributed by atoms with Crippen molar-refractivity contribution in [2.24, 2.45) is 5.41 Å². The fourth-order valence-electron chi connectivity index (χ4n) is 1.95. The van der Waals surface area contributed by atoms with Crippen molar-refractivity contribution in [1.29, 1.82) is 0 Å². The summed E-state index contributed by atoms with van der Waals surface area (Å²) in [5.41, 5.74) is -0.196. The minimum absolute atomic E-state index is 0.171. The van der Waals surface area contributed by atoms with Gasteiger partial charge in [-0.3, -0.25) is 0 Å². The van der Waals surface area contributed by atoms with E-state index >= 15 is 0 Å². The summed E-state index contributed by atoms with van der Waals surface area (Å²) in [6.07, 6.45) is 1.67. The van der Waals surface area contributed by atoms with E-state index in [9.17, 15) is 8.42 Å². The third kappa shape index (κ3) is 3.96. The van der Waals surface area contributed by atoms with Gasteiger partial charge in [0.05, 0.1) is 17.8 Å². The van der Waals surface area contributed by atoms with E-state index in [2.05, 4.69) is 15.9 Å². The highest BCUT2D eigenvalue weighted by molar-refractivity contribution is 9.09. The Kier molecular flexibility index (Phi) is 5.86. The quantitative estimate of drug-likeness (QED) is 0.706. The second kappa shape index (κ2) is 6.75. The normalized spacial score (nSPS) is 12.4. The molecule has 0 aliphatic rings. The fourth-order valence-corrected chi connectivity index (χ4v) is 5.24. The van der Waals surface area contributed by atoms with Gasteiger partial charge in [-0.25, -0.2) is 8.42 Å². The van der Waals surface area contributed by atoms with Gasteiger partial charge >= 0.3 is 0 Å². The van der Waals surface area contributed by atoms with Crippen molar-refractivity contribution in [3.63, 3.8) is 0 Å². The van der Waals surface area contributed by atoms with Crippen molar-refractivity contribution in [2.45, 2.75) is 31.6 Å². The van der Waals surface area contributed by atoms with Crippen LogP contribution >= 0.6 is 15.9 Å².